The van der Waals surface area contributed by atoms with Gasteiger partial charge in [0.05, 0.1) is 0 Å². The number of nitrogens with zero attached hydrogens (tertiary/aromatic N) is 3. The first-order valence-electron chi connectivity index (χ1n) is 7.03. The van der Waals surface area contributed by atoms with E-state index in [0.717, 1.165) is 6.42 Å². The SMILES string of the molecule is CCC(C)Sc1nc2c(c(=O)[nH]c(=O)n2C)n1C/C=C(/C)Cl. The maximum atomic E-state index is 12.2. The summed E-state index contributed by atoms with van der Waals surface area (Å²) >= 11 is 7.49. The van der Waals surface area contributed by atoms with Crippen molar-refractivity contribution in [3.8, 4) is 0 Å². The largest absolute Gasteiger partial charge is 0.329 e. The normalized spacial score (nSPS) is 13.8. The number of hydrogen-bond donors (Lipinski definition) is 1. The van der Waals surface area contributed by atoms with Crippen molar-refractivity contribution in [3.05, 3.63) is 31.9 Å². The first-order valence-corrected chi connectivity index (χ1v) is 8.29. The van der Waals surface area contributed by atoms with Crippen molar-refractivity contribution in [2.45, 2.75) is 44.1 Å². The Morgan fingerprint density at radius 1 is 1.50 bits per heavy atom. The van der Waals surface area contributed by atoms with E-state index in [4.69, 9.17) is 11.6 Å². The van der Waals surface area contributed by atoms with Gasteiger partial charge in [-0.15, -0.1) is 0 Å². The molecule has 2 aromatic heterocycles. The second-order valence-electron chi connectivity index (χ2n) is 5.12. The van der Waals surface area contributed by atoms with Gasteiger partial charge in [-0.1, -0.05) is 43.3 Å². The first kappa shape index (κ1) is 16.9. The Morgan fingerprint density at radius 3 is 2.77 bits per heavy atom. The molecule has 0 bridgehead atoms. The van der Waals surface area contributed by atoms with Gasteiger partial charge in [0.1, 0.15) is 0 Å². The number of thioether (sulfide) groups is 1. The molecule has 0 aliphatic carbocycles. The Morgan fingerprint density at radius 2 is 2.18 bits per heavy atom. The van der Waals surface area contributed by atoms with Gasteiger partial charge < -0.3 is 4.57 Å². The second kappa shape index (κ2) is 6.75. The van der Waals surface area contributed by atoms with Gasteiger partial charge in [0.25, 0.3) is 5.56 Å². The number of allylic oxidation sites excluding steroid dienone is 2. The van der Waals surface area contributed by atoms with Crippen LogP contribution in [0.25, 0.3) is 11.2 Å². The molecule has 0 fully saturated rings. The third-order valence-electron chi connectivity index (χ3n) is 3.41. The quantitative estimate of drug-likeness (QED) is 0.847. The van der Waals surface area contributed by atoms with E-state index in [1.54, 1.807) is 30.3 Å². The van der Waals surface area contributed by atoms with E-state index in [2.05, 4.69) is 23.8 Å². The highest BCUT2D eigenvalue weighted by atomic mass is 35.5. The molecular weight excluding hydrogens is 324 g/mol. The summed E-state index contributed by atoms with van der Waals surface area (Å²) in [6.07, 6.45) is 2.79. The average Bonchev–Trinajstić information content (AvgIpc) is 2.81. The van der Waals surface area contributed by atoms with Crippen LogP contribution in [-0.2, 0) is 13.6 Å². The third kappa shape index (κ3) is 3.30. The van der Waals surface area contributed by atoms with Crippen molar-refractivity contribution in [2.24, 2.45) is 7.05 Å². The summed E-state index contributed by atoms with van der Waals surface area (Å²) in [6.45, 7) is 6.41. The number of fused-ring (bicyclic) bond motifs is 1. The van der Waals surface area contributed by atoms with Gasteiger partial charge >= 0.3 is 5.69 Å². The third-order valence-corrected chi connectivity index (χ3v) is 4.82. The van der Waals surface area contributed by atoms with Crippen molar-refractivity contribution in [3.63, 3.8) is 0 Å². The monoisotopic (exact) mass is 342 g/mol. The van der Waals surface area contributed by atoms with Gasteiger partial charge in [-0.25, -0.2) is 9.78 Å². The Hall–Kier alpha value is -1.47. The van der Waals surface area contributed by atoms with Gasteiger partial charge in [0.15, 0.2) is 16.3 Å². The molecule has 0 saturated heterocycles. The number of imidazole rings is 1. The maximum Gasteiger partial charge on any atom is 0.329 e. The van der Waals surface area contributed by atoms with Crippen molar-refractivity contribution in [2.75, 3.05) is 0 Å². The number of aromatic amines is 1. The first-order chi connectivity index (χ1) is 10.3. The lowest BCUT2D eigenvalue weighted by Crippen LogP contribution is -2.29. The molecule has 0 aromatic carbocycles. The van der Waals surface area contributed by atoms with E-state index in [-0.39, 0.29) is 0 Å². The van der Waals surface area contributed by atoms with Gasteiger partial charge in [-0.05, 0) is 13.3 Å². The molecule has 0 saturated carbocycles. The fourth-order valence-electron chi connectivity index (χ4n) is 1.95. The summed E-state index contributed by atoms with van der Waals surface area (Å²) in [5, 5.41) is 1.71. The highest BCUT2D eigenvalue weighted by Crippen LogP contribution is 2.27. The van der Waals surface area contributed by atoms with Gasteiger partial charge in [-0.3, -0.25) is 14.3 Å². The molecule has 1 atom stereocenters. The van der Waals surface area contributed by atoms with Crippen LogP contribution < -0.4 is 11.2 Å². The zero-order valence-electron chi connectivity index (χ0n) is 13.0. The Kier molecular flexibility index (Phi) is 5.18. The molecule has 2 heterocycles. The summed E-state index contributed by atoms with van der Waals surface area (Å²) in [6, 6.07) is 0. The fraction of sp³-hybridized carbons (Fsp3) is 0.500. The van der Waals surface area contributed by atoms with Crippen LogP contribution in [0.3, 0.4) is 0 Å². The highest BCUT2D eigenvalue weighted by Gasteiger charge is 2.18. The van der Waals surface area contributed by atoms with E-state index in [1.165, 1.54) is 4.57 Å². The second-order valence-corrected chi connectivity index (χ2v) is 7.12. The van der Waals surface area contributed by atoms with Crippen LogP contribution in [0.2, 0.25) is 0 Å². The molecule has 8 heteroatoms. The highest BCUT2D eigenvalue weighted by molar-refractivity contribution is 7.99. The van der Waals surface area contributed by atoms with Crippen LogP contribution in [0, 0.1) is 0 Å². The van der Waals surface area contributed by atoms with Crippen LogP contribution in [0.15, 0.2) is 25.9 Å². The summed E-state index contributed by atoms with van der Waals surface area (Å²) in [5.74, 6) is 0. The van der Waals surface area contributed by atoms with Crippen LogP contribution in [0.1, 0.15) is 27.2 Å². The topological polar surface area (TPSA) is 72.7 Å². The number of rotatable bonds is 5. The van der Waals surface area contributed by atoms with Crippen molar-refractivity contribution >= 4 is 34.5 Å². The van der Waals surface area contributed by atoms with Gasteiger partial charge in [0.2, 0.25) is 0 Å². The molecule has 0 aliphatic rings. The number of aromatic nitrogens is 4. The van der Waals surface area contributed by atoms with E-state index in [0.29, 0.717) is 33.1 Å². The summed E-state index contributed by atoms with van der Waals surface area (Å²) in [4.78, 5) is 30.7. The Labute approximate surface area is 137 Å². The molecule has 0 aliphatic heterocycles. The number of nitrogens with one attached hydrogen (secondary N) is 1. The zero-order valence-corrected chi connectivity index (χ0v) is 14.6. The van der Waals surface area contributed by atoms with Crippen LogP contribution >= 0.6 is 23.4 Å². The Bertz CT molecular complexity index is 830. The van der Waals surface area contributed by atoms with E-state index >= 15 is 0 Å². The van der Waals surface area contributed by atoms with Crippen molar-refractivity contribution < 1.29 is 0 Å². The lowest BCUT2D eigenvalue weighted by molar-refractivity contribution is 0.737. The summed E-state index contributed by atoms with van der Waals surface area (Å²) < 4.78 is 3.15. The smallest absolute Gasteiger partial charge is 0.309 e. The molecule has 120 valence electrons. The minimum absolute atomic E-state index is 0.354. The lowest BCUT2D eigenvalue weighted by Gasteiger charge is -2.09. The van der Waals surface area contributed by atoms with E-state index in [1.807, 2.05) is 6.08 Å². The maximum absolute atomic E-state index is 12.2. The van der Waals surface area contributed by atoms with Crippen LogP contribution in [0.5, 0.6) is 0 Å². The molecule has 0 radical (unpaired) electrons. The molecule has 0 spiro atoms. The number of hydrogen-bond acceptors (Lipinski definition) is 4. The van der Waals surface area contributed by atoms with E-state index < -0.39 is 11.2 Å². The molecule has 0 amide bonds. The Balaban J connectivity index is 2.72. The summed E-state index contributed by atoms with van der Waals surface area (Å²) in [7, 11) is 1.60. The molecule has 2 rings (SSSR count). The lowest BCUT2D eigenvalue weighted by atomic mass is 10.4. The minimum atomic E-state index is -0.466. The standard InChI is InChI=1S/C14H19ClN4O2S/c1-5-9(3)22-14-16-11-10(19(14)7-6-8(2)15)12(20)17-13(21)18(11)4/h6,9H,5,7H2,1-4H3,(H,17,20,21)/b8-6-. The molecule has 1 N–H and O–H groups in total. The van der Waals surface area contributed by atoms with Gasteiger partial charge in [0, 0.05) is 23.9 Å². The molecular formula is C14H19ClN4O2S. The van der Waals surface area contributed by atoms with E-state index in [9.17, 15) is 9.59 Å². The van der Waals surface area contributed by atoms with Gasteiger partial charge in [-0.2, -0.15) is 0 Å². The minimum Gasteiger partial charge on any atom is -0.309 e. The predicted octanol–water partition coefficient (Wildman–Crippen LogP) is 2.46. The molecule has 6 nitrogen and oxygen atoms in total. The van der Waals surface area contributed by atoms with Crippen LogP contribution in [0.4, 0.5) is 0 Å². The molecule has 1 unspecified atom stereocenters. The number of aryl methyl sites for hydroxylation is 1. The molecule has 2 aromatic rings. The molecule has 22 heavy (non-hydrogen) atoms. The predicted molar refractivity (Wildman–Crippen MR) is 90.8 cm³/mol. The van der Waals surface area contributed by atoms with Crippen LogP contribution in [-0.4, -0.2) is 24.4 Å². The zero-order chi connectivity index (χ0) is 16.4. The summed E-state index contributed by atoms with van der Waals surface area (Å²) in [5.41, 5.74) is -0.115. The van der Waals surface area contributed by atoms with Crippen molar-refractivity contribution in [1.82, 2.24) is 19.1 Å². The van der Waals surface area contributed by atoms with Crippen molar-refractivity contribution in [1.29, 1.82) is 0 Å². The average molecular weight is 343 g/mol. The number of H-pyrrole nitrogens is 1. The number of halogens is 1. The fourth-order valence-corrected chi connectivity index (χ4v) is 2.98.